The molecule has 3 fully saturated rings. The van der Waals surface area contributed by atoms with Crippen LogP contribution in [0, 0.1) is 46.8 Å². The number of allylic oxidation sites excluding steroid dienone is 2. The van der Waals surface area contributed by atoms with Gasteiger partial charge in [0.05, 0.1) is 17.5 Å². The summed E-state index contributed by atoms with van der Waals surface area (Å²) in [6.07, 6.45) is 0.807. The highest BCUT2D eigenvalue weighted by Crippen LogP contribution is 2.67. The third-order valence-electron chi connectivity index (χ3n) is 12.1. The Bertz CT molecular complexity index is 2880. The van der Waals surface area contributed by atoms with Gasteiger partial charge in [0.1, 0.15) is 17.0 Å². The van der Waals surface area contributed by atoms with Gasteiger partial charge in [0, 0.05) is 17.0 Å². The lowest BCUT2D eigenvalue weighted by molar-refractivity contribution is -0.125. The number of carbonyl (C=O) groups excluding carboxylic acids is 4. The van der Waals surface area contributed by atoms with Gasteiger partial charge in [0.15, 0.2) is 38.6 Å². The number of alkyl halides is 2. The summed E-state index contributed by atoms with van der Waals surface area (Å²) in [5.74, 6) is -22.1. The van der Waals surface area contributed by atoms with Crippen LogP contribution in [0.4, 0.5) is 33.3 Å². The number of nitrogens with zero attached hydrogens (tertiary/aromatic N) is 3. The molecule has 6 atom stereocenters. The zero-order valence-electron chi connectivity index (χ0n) is 29.9. The van der Waals surface area contributed by atoms with Crippen LogP contribution in [-0.4, -0.2) is 43.5 Å². The van der Waals surface area contributed by atoms with Crippen molar-refractivity contribution in [3.05, 3.63) is 131 Å². The summed E-state index contributed by atoms with van der Waals surface area (Å²) in [5, 5.41) is 12.4. The molecule has 6 aromatic rings. The largest absolute Gasteiger partial charge is 0.508 e. The van der Waals surface area contributed by atoms with Crippen LogP contribution in [0.25, 0.3) is 33.3 Å². The third kappa shape index (κ3) is 4.81. The van der Waals surface area contributed by atoms with E-state index < -0.39 is 104 Å². The van der Waals surface area contributed by atoms with E-state index in [2.05, 4.69) is 4.98 Å². The van der Waals surface area contributed by atoms with E-state index in [9.17, 15) is 37.5 Å². The van der Waals surface area contributed by atoms with Crippen molar-refractivity contribution >= 4 is 80.1 Å². The minimum atomic E-state index is -2.80. The van der Waals surface area contributed by atoms with Crippen molar-refractivity contribution in [2.24, 2.45) is 17.8 Å². The van der Waals surface area contributed by atoms with E-state index in [-0.39, 0.29) is 28.1 Å². The summed E-state index contributed by atoms with van der Waals surface area (Å²) in [6.45, 7) is 0. The Morgan fingerprint density at radius 1 is 0.729 bits per heavy atom. The van der Waals surface area contributed by atoms with Crippen molar-refractivity contribution in [1.29, 1.82) is 0 Å². The standard InChI is InChI=1S/C43H24Cl2F5N3O6/c44-42-17-24-22(14-15-23-28(24)39(56)52(38(23)55)20-12-9-19(10-13-20)37-51-25-7-3-4-8-27(25)59-37)30(29-21-6-2-1-5-18(21)11-16-26(29)54)43(42,45)41(58)53(40(42)57)36-34(49)32(47)31(46)33(48)35(36)50/h1-14,16,23-24,28,30,54H,15,17H2/t23-,24+,28-,30+,42+,43-/m0/s1. The zero-order chi connectivity index (χ0) is 41.4. The number of amides is 4. The molecule has 16 heteroatoms. The Morgan fingerprint density at radius 2 is 1.39 bits per heavy atom. The van der Waals surface area contributed by atoms with E-state index in [1.54, 1.807) is 66.7 Å². The summed E-state index contributed by atoms with van der Waals surface area (Å²) in [4.78, 5) is 57.8. The summed E-state index contributed by atoms with van der Waals surface area (Å²) < 4.78 is 80.3. The number of imide groups is 2. The van der Waals surface area contributed by atoms with Crippen LogP contribution in [0.15, 0.2) is 101 Å². The van der Waals surface area contributed by atoms with Gasteiger partial charge in [-0.2, -0.15) is 0 Å². The number of para-hydroxylation sites is 2. The highest BCUT2D eigenvalue weighted by Gasteiger charge is 2.77. The van der Waals surface area contributed by atoms with Gasteiger partial charge < -0.3 is 9.52 Å². The molecule has 2 saturated heterocycles. The number of anilines is 2. The molecule has 4 amide bonds. The number of rotatable bonds is 4. The van der Waals surface area contributed by atoms with Crippen LogP contribution in [0.1, 0.15) is 24.3 Å². The van der Waals surface area contributed by atoms with Crippen molar-refractivity contribution in [1.82, 2.24) is 4.98 Å². The van der Waals surface area contributed by atoms with Crippen LogP contribution in [0.5, 0.6) is 5.75 Å². The molecular weight excluding hydrogens is 820 g/mol. The maximum atomic E-state index is 15.5. The minimum Gasteiger partial charge on any atom is -0.508 e. The molecule has 59 heavy (non-hydrogen) atoms. The number of fused-ring (bicyclic) bond motifs is 6. The summed E-state index contributed by atoms with van der Waals surface area (Å²) in [7, 11) is 0. The Morgan fingerprint density at radius 3 is 2.10 bits per heavy atom. The average Bonchev–Trinajstić information content (AvgIpc) is 3.83. The van der Waals surface area contributed by atoms with Gasteiger partial charge in [0.2, 0.25) is 23.5 Å². The third-order valence-corrected chi connectivity index (χ3v) is 13.5. The highest BCUT2D eigenvalue weighted by atomic mass is 35.5. The number of benzene rings is 5. The molecule has 1 saturated carbocycles. The fourth-order valence-corrected chi connectivity index (χ4v) is 10.4. The first-order valence-electron chi connectivity index (χ1n) is 18.2. The summed E-state index contributed by atoms with van der Waals surface area (Å²) >= 11 is 14.6. The van der Waals surface area contributed by atoms with Gasteiger partial charge in [-0.05, 0) is 72.0 Å². The number of halogens is 7. The van der Waals surface area contributed by atoms with Crippen LogP contribution in [0.2, 0.25) is 0 Å². The first kappa shape index (κ1) is 37.2. The molecule has 9 nitrogen and oxygen atoms in total. The van der Waals surface area contributed by atoms with Crippen LogP contribution in [0.3, 0.4) is 0 Å². The molecule has 4 aliphatic rings. The molecule has 3 heterocycles. The molecule has 0 spiro atoms. The summed E-state index contributed by atoms with van der Waals surface area (Å²) in [5.41, 5.74) is 0.207. The molecule has 2 aliphatic heterocycles. The lowest BCUT2D eigenvalue weighted by Crippen LogP contribution is -2.60. The predicted octanol–water partition coefficient (Wildman–Crippen LogP) is 8.82. The van der Waals surface area contributed by atoms with E-state index in [4.69, 9.17) is 27.6 Å². The molecule has 0 bridgehead atoms. The fraction of sp³-hybridized carbons (Fsp3) is 0.186. The Kier molecular flexibility index (Phi) is 7.99. The van der Waals surface area contributed by atoms with E-state index in [1.165, 1.54) is 18.2 Å². The molecule has 2 aliphatic carbocycles. The quantitative estimate of drug-likeness (QED) is 0.0471. The van der Waals surface area contributed by atoms with Gasteiger partial charge in [-0.25, -0.2) is 31.8 Å². The maximum Gasteiger partial charge on any atom is 0.258 e. The average molecular weight is 845 g/mol. The number of hydrogen-bond donors (Lipinski definition) is 1. The van der Waals surface area contributed by atoms with Crippen molar-refractivity contribution < 1.29 is 50.7 Å². The lowest BCUT2D eigenvalue weighted by Gasteiger charge is -2.51. The second kappa shape index (κ2) is 12.7. The van der Waals surface area contributed by atoms with Crippen molar-refractivity contribution in [3.8, 4) is 17.2 Å². The van der Waals surface area contributed by atoms with E-state index in [1.807, 2.05) is 6.07 Å². The summed E-state index contributed by atoms with van der Waals surface area (Å²) in [6, 6.07) is 22.9. The van der Waals surface area contributed by atoms with Crippen LogP contribution < -0.4 is 9.80 Å². The molecule has 1 N–H and O–H groups in total. The molecule has 296 valence electrons. The van der Waals surface area contributed by atoms with Gasteiger partial charge >= 0.3 is 0 Å². The molecule has 10 rings (SSSR count). The Labute approximate surface area is 339 Å². The van der Waals surface area contributed by atoms with Crippen molar-refractivity contribution in [2.75, 3.05) is 9.80 Å². The maximum absolute atomic E-state index is 15.5. The van der Waals surface area contributed by atoms with Crippen molar-refractivity contribution in [2.45, 2.75) is 28.5 Å². The van der Waals surface area contributed by atoms with Crippen LogP contribution >= 0.6 is 23.2 Å². The molecule has 0 radical (unpaired) electrons. The van der Waals surface area contributed by atoms with Crippen molar-refractivity contribution in [3.63, 3.8) is 0 Å². The molecule has 5 aromatic carbocycles. The van der Waals surface area contributed by atoms with E-state index >= 15 is 8.78 Å². The number of aromatic hydroxyl groups is 1. The predicted molar refractivity (Wildman–Crippen MR) is 204 cm³/mol. The minimum absolute atomic E-state index is 0.0543. The lowest BCUT2D eigenvalue weighted by atomic mass is 9.56. The highest BCUT2D eigenvalue weighted by molar-refractivity contribution is 6.58. The monoisotopic (exact) mass is 843 g/mol. The van der Waals surface area contributed by atoms with Crippen LogP contribution in [-0.2, 0) is 19.2 Å². The van der Waals surface area contributed by atoms with E-state index in [0.717, 1.165) is 4.90 Å². The molecule has 1 aromatic heterocycles. The Balaban J connectivity index is 1.11. The second-order valence-corrected chi connectivity index (χ2v) is 16.2. The number of phenolic OH excluding ortho intramolecular Hbond substituents is 1. The SMILES string of the molecule is O=C1[C@H]2[C@H](CC=C3[C@H]2C[C@@]2(Cl)C(=O)N(c4c(F)c(F)c(F)c(F)c4F)C(=O)[C@@]2(Cl)[C@H]3c2c(O)ccc3ccccc23)C(=O)N1c1ccc(-c2nc3ccccc3o2)cc1. The first-order chi connectivity index (χ1) is 28.2. The Hall–Kier alpha value is -6.12. The molecular formula is C43H24Cl2F5N3O6. The number of phenols is 1. The zero-order valence-corrected chi connectivity index (χ0v) is 31.4. The second-order valence-electron chi connectivity index (χ2n) is 15.0. The number of aromatic nitrogens is 1. The fourth-order valence-electron chi connectivity index (χ4n) is 9.47. The van der Waals surface area contributed by atoms with E-state index in [0.29, 0.717) is 33.3 Å². The normalized spacial score (nSPS) is 26.5. The van der Waals surface area contributed by atoms with Gasteiger partial charge in [0.25, 0.3) is 11.8 Å². The number of carbonyl (C=O) groups is 4. The van der Waals surface area contributed by atoms with Gasteiger partial charge in [-0.3, -0.25) is 24.1 Å². The smallest absolute Gasteiger partial charge is 0.258 e. The topological polar surface area (TPSA) is 121 Å². The van der Waals surface area contributed by atoms with Gasteiger partial charge in [-0.15, -0.1) is 23.2 Å². The molecule has 0 unspecified atom stereocenters. The number of oxazole rings is 1. The van der Waals surface area contributed by atoms with Gasteiger partial charge in [-0.1, -0.05) is 54.1 Å². The number of hydrogen-bond acceptors (Lipinski definition) is 7. The first-order valence-corrected chi connectivity index (χ1v) is 19.0.